The molecule has 3 unspecified atom stereocenters. The first-order chi connectivity index (χ1) is 7.09. The highest BCUT2D eigenvalue weighted by Crippen LogP contribution is 2.29. The van der Waals surface area contributed by atoms with Gasteiger partial charge in [0.25, 0.3) is 0 Å². The van der Waals surface area contributed by atoms with Crippen LogP contribution in [0.25, 0.3) is 0 Å². The van der Waals surface area contributed by atoms with Crippen LogP contribution >= 0.6 is 11.8 Å². The maximum absolute atomic E-state index is 11.3. The molecule has 0 aromatic rings. The van der Waals surface area contributed by atoms with E-state index in [0.717, 1.165) is 11.7 Å². The highest BCUT2D eigenvalue weighted by atomic mass is 32.2. The van der Waals surface area contributed by atoms with Crippen LogP contribution in [0, 0.1) is 0 Å². The molecule has 1 aliphatic heterocycles. The van der Waals surface area contributed by atoms with Gasteiger partial charge in [-0.3, -0.25) is 0 Å². The van der Waals surface area contributed by atoms with Crippen LogP contribution in [0.5, 0.6) is 0 Å². The van der Waals surface area contributed by atoms with Gasteiger partial charge in [0.05, 0.1) is 11.5 Å². The molecule has 1 N–H and O–H groups in total. The highest BCUT2D eigenvalue weighted by Gasteiger charge is 2.31. The molecule has 2 rings (SSSR count). The predicted octanol–water partition coefficient (Wildman–Crippen LogP) is 1.05. The van der Waals surface area contributed by atoms with E-state index in [4.69, 9.17) is 0 Å². The zero-order valence-electron chi connectivity index (χ0n) is 9.11. The lowest BCUT2D eigenvalue weighted by molar-refractivity contribution is 0.455. The normalized spacial score (nSPS) is 39.7. The van der Waals surface area contributed by atoms with E-state index < -0.39 is 9.84 Å². The van der Waals surface area contributed by atoms with Crippen molar-refractivity contribution in [2.45, 2.75) is 43.0 Å². The van der Waals surface area contributed by atoms with Crippen LogP contribution in [0.15, 0.2) is 0 Å². The molecule has 1 heterocycles. The van der Waals surface area contributed by atoms with Crippen LogP contribution in [0.1, 0.15) is 25.7 Å². The largest absolute Gasteiger partial charge is 0.310 e. The Morgan fingerprint density at radius 3 is 2.53 bits per heavy atom. The summed E-state index contributed by atoms with van der Waals surface area (Å²) in [5, 5.41) is 4.28. The molecule has 5 heteroatoms. The summed E-state index contributed by atoms with van der Waals surface area (Å²) in [4.78, 5) is 0. The summed E-state index contributed by atoms with van der Waals surface area (Å²) in [5.74, 6) is 0.733. The van der Waals surface area contributed by atoms with Crippen molar-refractivity contribution in [2.24, 2.45) is 0 Å². The van der Waals surface area contributed by atoms with Crippen molar-refractivity contribution in [2.75, 3.05) is 17.8 Å². The number of hydrogen-bond donors (Lipinski definition) is 1. The Morgan fingerprint density at radius 2 is 2.00 bits per heavy atom. The zero-order chi connectivity index (χ0) is 10.9. The lowest BCUT2D eigenvalue weighted by atomic mass is 10.2. The van der Waals surface area contributed by atoms with Crippen LogP contribution in [0.3, 0.4) is 0 Å². The third kappa shape index (κ3) is 3.11. The fourth-order valence-electron chi connectivity index (χ4n) is 2.57. The number of nitrogens with one attached hydrogen (secondary N) is 1. The van der Waals surface area contributed by atoms with Gasteiger partial charge in [-0.05, 0) is 31.9 Å². The predicted molar refractivity (Wildman–Crippen MR) is 65.1 cm³/mol. The van der Waals surface area contributed by atoms with Crippen molar-refractivity contribution >= 4 is 21.6 Å². The summed E-state index contributed by atoms with van der Waals surface area (Å²) < 4.78 is 22.6. The Bertz CT molecular complexity index is 315. The molecule has 3 atom stereocenters. The van der Waals surface area contributed by atoms with Gasteiger partial charge in [0.1, 0.15) is 0 Å². The van der Waals surface area contributed by atoms with Gasteiger partial charge in [-0.1, -0.05) is 0 Å². The number of thioether (sulfide) groups is 1. The summed E-state index contributed by atoms with van der Waals surface area (Å²) in [6.45, 7) is 0. The van der Waals surface area contributed by atoms with Gasteiger partial charge >= 0.3 is 0 Å². The first-order valence-corrected chi connectivity index (χ1v) is 8.69. The summed E-state index contributed by atoms with van der Waals surface area (Å²) in [7, 11) is -2.72. The average Bonchev–Trinajstić information content (AvgIpc) is 2.73. The van der Waals surface area contributed by atoms with Gasteiger partial charge in [0.2, 0.25) is 0 Å². The Hall–Kier alpha value is 0.260. The molecule has 1 saturated heterocycles. The number of sulfone groups is 1. The van der Waals surface area contributed by atoms with Gasteiger partial charge in [0.15, 0.2) is 9.84 Å². The van der Waals surface area contributed by atoms with E-state index in [-0.39, 0.29) is 6.04 Å². The van der Waals surface area contributed by atoms with E-state index in [9.17, 15) is 8.42 Å². The van der Waals surface area contributed by atoms with E-state index in [0.29, 0.717) is 17.5 Å². The Labute approximate surface area is 96.3 Å². The standard InChI is InChI=1S/C10H19NO2S2/c1-14-10-3-2-8(6-10)11-9-4-5-15(12,13)7-9/h8-11H,2-7H2,1H3. The molecule has 0 bridgehead atoms. The maximum atomic E-state index is 11.3. The first-order valence-electron chi connectivity index (χ1n) is 5.58. The molecule has 88 valence electrons. The zero-order valence-corrected chi connectivity index (χ0v) is 10.7. The van der Waals surface area contributed by atoms with Crippen LogP contribution in [-0.4, -0.2) is 43.5 Å². The fourth-order valence-corrected chi connectivity index (χ4v) is 5.05. The van der Waals surface area contributed by atoms with Gasteiger partial charge in [-0.15, -0.1) is 0 Å². The van der Waals surface area contributed by atoms with E-state index in [2.05, 4.69) is 11.6 Å². The van der Waals surface area contributed by atoms with Crippen LogP contribution in [0.2, 0.25) is 0 Å². The average molecular weight is 249 g/mol. The molecule has 1 aliphatic carbocycles. The lowest BCUT2D eigenvalue weighted by Crippen LogP contribution is -2.37. The molecule has 15 heavy (non-hydrogen) atoms. The molecule has 2 aliphatic rings. The molecule has 0 aromatic heterocycles. The van der Waals surface area contributed by atoms with Crippen molar-refractivity contribution in [3.8, 4) is 0 Å². The van der Waals surface area contributed by atoms with E-state index in [1.807, 2.05) is 11.8 Å². The topological polar surface area (TPSA) is 46.2 Å². The molecule has 0 aromatic carbocycles. The van der Waals surface area contributed by atoms with Crippen LogP contribution in [-0.2, 0) is 9.84 Å². The van der Waals surface area contributed by atoms with E-state index in [1.165, 1.54) is 19.3 Å². The van der Waals surface area contributed by atoms with Crippen molar-refractivity contribution in [3.63, 3.8) is 0 Å². The summed E-state index contributed by atoms with van der Waals surface area (Å²) >= 11 is 1.94. The second-order valence-corrected chi connectivity index (χ2v) is 8.00. The number of rotatable bonds is 3. The maximum Gasteiger partial charge on any atom is 0.151 e. The smallest absolute Gasteiger partial charge is 0.151 e. The van der Waals surface area contributed by atoms with Gasteiger partial charge in [-0.25, -0.2) is 8.42 Å². The summed E-state index contributed by atoms with van der Waals surface area (Å²) in [5.41, 5.74) is 0. The molecule has 0 amide bonds. The van der Waals surface area contributed by atoms with Crippen LogP contribution in [0.4, 0.5) is 0 Å². The van der Waals surface area contributed by atoms with Crippen molar-refractivity contribution < 1.29 is 8.42 Å². The molecule has 1 saturated carbocycles. The summed E-state index contributed by atoms with van der Waals surface area (Å²) in [6.07, 6.45) is 6.66. The molecular formula is C10H19NO2S2. The minimum atomic E-state index is -2.72. The molecule has 3 nitrogen and oxygen atoms in total. The Morgan fingerprint density at radius 1 is 1.20 bits per heavy atom. The minimum Gasteiger partial charge on any atom is -0.310 e. The van der Waals surface area contributed by atoms with Gasteiger partial charge < -0.3 is 5.32 Å². The molecular weight excluding hydrogens is 230 g/mol. The second-order valence-electron chi connectivity index (χ2n) is 4.63. The quantitative estimate of drug-likeness (QED) is 0.812. The number of hydrogen-bond acceptors (Lipinski definition) is 4. The van der Waals surface area contributed by atoms with Crippen LogP contribution < -0.4 is 5.32 Å². The minimum absolute atomic E-state index is 0.223. The monoisotopic (exact) mass is 249 g/mol. The third-order valence-electron chi connectivity index (χ3n) is 3.42. The molecule has 0 spiro atoms. The summed E-state index contributed by atoms with van der Waals surface area (Å²) in [6, 6.07) is 0.779. The van der Waals surface area contributed by atoms with Gasteiger partial charge in [0, 0.05) is 17.3 Å². The first kappa shape index (κ1) is 11.7. The van der Waals surface area contributed by atoms with Crippen molar-refractivity contribution in [1.82, 2.24) is 5.32 Å². The van der Waals surface area contributed by atoms with Crippen molar-refractivity contribution in [1.29, 1.82) is 0 Å². The lowest BCUT2D eigenvalue weighted by Gasteiger charge is -2.17. The fraction of sp³-hybridized carbons (Fsp3) is 1.00. The SMILES string of the molecule is CSC1CCC(NC2CCS(=O)(=O)C2)C1. The van der Waals surface area contributed by atoms with E-state index >= 15 is 0 Å². The highest BCUT2D eigenvalue weighted by molar-refractivity contribution is 7.99. The molecule has 0 radical (unpaired) electrons. The van der Waals surface area contributed by atoms with Crippen molar-refractivity contribution in [3.05, 3.63) is 0 Å². The second kappa shape index (κ2) is 4.63. The Balaban J connectivity index is 1.79. The molecule has 2 fully saturated rings. The van der Waals surface area contributed by atoms with E-state index in [1.54, 1.807) is 0 Å². The van der Waals surface area contributed by atoms with Gasteiger partial charge in [-0.2, -0.15) is 11.8 Å². The Kier molecular flexibility index (Phi) is 3.63. The third-order valence-corrected chi connectivity index (χ3v) is 6.28.